The first kappa shape index (κ1) is 31.7. The Bertz CT molecular complexity index is 1320. The van der Waals surface area contributed by atoms with E-state index >= 15 is 0 Å². The van der Waals surface area contributed by atoms with Gasteiger partial charge in [-0.15, -0.1) is 0 Å². The van der Waals surface area contributed by atoms with Crippen LogP contribution in [0.1, 0.15) is 49.8 Å². The summed E-state index contributed by atoms with van der Waals surface area (Å²) in [6, 6.07) is 21.8. The van der Waals surface area contributed by atoms with E-state index in [-0.39, 0.29) is 49.1 Å². The lowest BCUT2D eigenvalue weighted by Crippen LogP contribution is -2.67. The Labute approximate surface area is 260 Å². The van der Waals surface area contributed by atoms with E-state index in [0.717, 1.165) is 25.2 Å². The second-order valence-electron chi connectivity index (χ2n) is 11.7. The van der Waals surface area contributed by atoms with Gasteiger partial charge in [-0.1, -0.05) is 60.7 Å². The van der Waals surface area contributed by atoms with Gasteiger partial charge in [-0.25, -0.2) is 0 Å². The molecule has 1 amide bonds. The molecule has 0 bridgehead atoms. The van der Waals surface area contributed by atoms with E-state index < -0.39 is 0 Å². The van der Waals surface area contributed by atoms with Gasteiger partial charge in [0.15, 0.2) is 0 Å². The molecular formula is C34H45N5O5. The van der Waals surface area contributed by atoms with Gasteiger partial charge in [0.25, 0.3) is 0 Å². The average molecular weight is 604 g/mol. The molecule has 1 aromatic heterocycles. The van der Waals surface area contributed by atoms with Crippen molar-refractivity contribution in [2.75, 3.05) is 53.0 Å². The van der Waals surface area contributed by atoms with Gasteiger partial charge in [-0.2, -0.15) is 9.97 Å². The zero-order chi connectivity index (χ0) is 31.1. The number of aliphatic hydroxyl groups excluding tert-OH is 1. The number of piperazine rings is 2. The Balaban J connectivity index is 1.54. The highest BCUT2D eigenvalue weighted by molar-refractivity contribution is 5.76. The van der Waals surface area contributed by atoms with Gasteiger partial charge >= 0.3 is 6.01 Å². The van der Waals surface area contributed by atoms with Crippen molar-refractivity contribution in [3.05, 3.63) is 77.4 Å². The molecule has 2 aromatic carbocycles. The van der Waals surface area contributed by atoms with Crippen molar-refractivity contribution in [3.8, 4) is 17.8 Å². The molecule has 2 aliphatic heterocycles. The van der Waals surface area contributed by atoms with Gasteiger partial charge in [0, 0.05) is 63.7 Å². The number of aromatic nitrogens is 2. The number of benzene rings is 2. The summed E-state index contributed by atoms with van der Waals surface area (Å²) in [5, 5.41) is 9.45. The monoisotopic (exact) mass is 603 g/mol. The number of carbonyl (C=O) groups excluding carboxylic acids is 1. The summed E-state index contributed by atoms with van der Waals surface area (Å²) in [6.07, 6.45) is 0.0463. The Morgan fingerprint density at radius 1 is 0.955 bits per heavy atom. The molecular weight excluding hydrogens is 558 g/mol. The zero-order valence-corrected chi connectivity index (χ0v) is 26.3. The van der Waals surface area contributed by atoms with Crippen LogP contribution in [0.15, 0.2) is 60.7 Å². The summed E-state index contributed by atoms with van der Waals surface area (Å²) >= 11 is 0. The number of amides is 1. The van der Waals surface area contributed by atoms with E-state index in [4.69, 9.17) is 14.2 Å². The van der Waals surface area contributed by atoms with Gasteiger partial charge in [-0.05, 0) is 31.9 Å². The van der Waals surface area contributed by atoms with Crippen LogP contribution in [0.5, 0.6) is 17.8 Å². The van der Waals surface area contributed by atoms with Crippen molar-refractivity contribution in [3.63, 3.8) is 0 Å². The Morgan fingerprint density at radius 3 is 2.20 bits per heavy atom. The largest absolute Gasteiger partial charge is 0.481 e. The minimum Gasteiger partial charge on any atom is -0.481 e. The molecule has 5 rings (SSSR count). The Morgan fingerprint density at radius 2 is 1.61 bits per heavy atom. The standard InChI is InChI=1S/C34H45N5O5/c1-5-43-34-35-32(42-4)28(33(36-34)44-24(2)3)22-37-20-27-21-38(30(41)16-19-40)17-18-39(27)29(23-37)31(25-12-8-6-9-13-25)26-14-10-7-11-15-26/h6-15,24,27,29,31,40H,5,16-23H2,1-4H3/t27-,29+/m1/s1. The number of nitrogens with zero attached hydrogens (tertiary/aromatic N) is 5. The van der Waals surface area contributed by atoms with Gasteiger partial charge in [0.05, 0.1) is 32.0 Å². The molecule has 3 heterocycles. The number of ether oxygens (including phenoxy) is 3. The summed E-state index contributed by atoms with van der Waals surface area (Å²) in [5.74, 6) is 1.01. The lowest BCUT2D eigenvalue weighted by Gasteiger charge is -2.53. The molecule has 2 atom stereocenters. The molecule has 2 aliphatic rings. The number of hydrogen-bond donors (Lipinski definition) is 1. The molecule has 2 fully saturated rings. The minimum absolute atomic E-state index is 0.00214. The smallest absolute Gasteiger partial charge is 0.323 e. The molecule has 44 heavy (non-hydrogen) atoms. The minimum atomic E-state index is -0.140. The highest BCUT2D eigenvalue weighted by Gasteiger charge is 2.43. The molecule has 0 spiro atoms. The summed E-state index contributed by atoms with van der Waals surface area (Å²) in [7, 11) is 1.61. The van der Waals surface area contributed by atoms with Crippen molar-refractivity contribution in [1.82, 2.24) is 24.7 Å². The van der Waals surface area contributed by atoms with E-state index in [0.29, 0.717) is 38.0 Å². The van der Waals surface area contributed by atoms with Gasteiger partial charge < -0.3 is 24.2 Å². The van der Waals surface area contributed by atoms with Crippen LogP contribution in [0.3, 0.4) is 0 Å². The topological polar surface area (TPSA) is 100 Å². The molecule has 10 heteroatoms. The summed E-state index contributed by atoms with van der Waals surface area (Å²) < 4.78 is 17.6. The van der Waals surface area contributed by atoms with Crippen LogP contribution in [0.25, 0.3) is 0 Å². The van der Waals surface area contributed by atoms with Crippen molar-refractivity contribution in [1.29, 1.82) is 0 Å². The number of carbonyl (C=O) groups is 1. The van der Waals surface area contributed by atoms with E-state index in [1.807, 2.05) is 25.7 Å². The fourth-order valence-corrected chi connectivity index (χ4v) is 6.54. The summed E-state index contributed by atoms with van der Waals surface area (Å²) in [6.45, 7) is 10.2. The van der Waals surface area contributed by atoms with Crippen LogP contribution in [-0.2, 0) is 11.3 Å². The summed E-state index contributed by atoms with van der Waals surface area (Å²) in [5.41, 5.74) is 3.29. The third-order valence-electron chi connectivity index (χ3n) is 8.36. The van der Waals surface area contributed by atoms with Crippen molar-refractivity contribution >= 4 is 5.91 Å². The first-order chi connectivity index (χ1) is 21.4. The molecule has 0 radical (unpaired) electrons. The lowest BCUT2D eigenvalue weighted by molar-refractivity contribution is -0.137. The van der Waals surface area contributed by atoms with Gasteiger partial charge in [0.2, 0.25) is 17.7 Å². The first-order valence-electron chi connectivity index (χ1n) is 15.6. The highest BCUT2D eigenvalue weighted by Crippen LogP contribution is 2.37. The Hall–Kier alpha value is -3.73. The lowest BCUT2D eigenvalue weighted by atomic mass is 9.81. The number of fused-ring (bicyclic) bond motifs is 1. The normalized spacial score (nSPS) is 19.2. The summed E-state index contributed by atoms with van der Waals surface area (Å²) in [4.78, 5) is 29.0. The van der Waals surface area contributed by atoms with Crippen molar-refractivity contribution in [2.24, 2.45) is 0 Å². The van der Waals surface area contributed by atoms with Crippen LogP contribution in [0.4, 0.5) is 0 Å². The molecule has 236 valence electrons. The maximum atomic E-state index is 12.9. The maximum Gasteiger partial charge on any atom is 0.323 e. The van der Waals surface area contributed by atoms with Crippen LogP contribution in [0.2, 0.25) is 0 Å². The predicted octanol–water partition coefficient (Wildman–Crippen LogP) is 3.58. The van der Waals surface area contributed by atoms with Gasteiger partial charge in [-0.3, -0.25) is 14.6 Å². The second kappa shape index (κ2) is 14.8. The highest BCUT2D eigenvalue weighted by atomic mass is 16.5. The number of rotatable bonds is 12. The quantitative estimate of drug-likeness (QED) is 0.333. The molecule has 2 saturated heterocycles. The second-order valence-corrected chi connectivity index (χ2v) is 11.7. The SMILES string of the molecule is CCOc1nc(OC)c(CN2C[C@@H]3CN(C(=O)CCO)CCN3[C@H](C(c3ccccc3)c3ccccc3)C2)c(OC(C)C)n1. The third-order valence-corrected chi connectivity index (χ3v) is 8.36. The van der Waals surface area contributed by atoms with Crippen LogP contribution in [0, 0.1) is 0 Å². The zero-order valence-electron chi connectivity index (χ0n) is 26.3. The number of methoxy groups -OCH3 is 1. The maximum absolute atomic E-state index is 12.9. The van der Waals surface area contributed by atoms with Crippen molar-refractivity contribution in [2.45, 2.75) is 57.8 Å². The van der Waals surface area contributed by atoms with Crippen LogP contribution in [-0.4, -0.2) is 107 Å². The van der Waals surface area contributed by atoms with Gasteiger partial charge in [0.1, 0.15) is 0 Å². The molecule has 0 aliphatic carbocycles. The predicted molar refractivity (Wildman–Crippen MR) is 168 cm³/mol. The van der Waals surface area contributed by atoms with E-state index in [1.165, 1.54) is 11.1 Å². The fraction of sp³-hybridized carbons (Fsp3) is 0.500. The third kappa shape index (κ3) is 7.31. The average Bonchev–Trinajstić information content (AvgIpc) is 3.03. The van der Waals surface area contributed by atoms with Crippen molar-refractivity contribution < 1.29 is 24.1 Å². The van der Waals surface area contributed by atoms with E-state index in [9.17, 15) is 9.90 Å². The van der Waals surface area contributed by atoms with E-state index in [2.05, 4.69) is 80.4 Å². The van der Waals surface area contributed by atoms with E-state index in [1.54, 1.807) is 7.11 Å². The number of hydrogen-bond acceptors (Lipinski definition) is 9. The fourth-order valence-electron chi connectivity index (χ4n) is 6.54. The molecule has 10 nitrogen and oxygen atoms in total. The Kier molecular flexibility index (Phi) is 10.7. The number of aliphatic hydroxyl groups is 1. The van der Waals surface area contributed by atoms with Crippen LogP contribution >= 0.6 is 0 Å². The van der Waals surface area contributed by atoms with Crippen LogP contribution < -0.4 is 14.2 Å². The molecule has 0 unspecified atom stereocenters. The first-order valence-corrected chi connectivity index (χ1v) is 15.6. The molecule has 0 saturated carbocycles. The molecule has 3 aromatic rings. The molecule has 1 N–H and O–H groups in total.